The van der Waals surface area contributed by atoms with Crippen LogP contribution < -0.4 is 15.8 Å². The number of benzene rings is 1. The number of carbonyl (C=O) groups excluding carboxylic acids is 2. The Morgan fingerprint density at radius 3 is 2.78 bits per heavy atom. The summed E-state index contributed by atoms with van der Waals surface area (Å²) >= 11 is 0. The Kier molecular flexibility index (Phi) is 5.98. The topological polar surface area (TPSA) is 84.7 Å². The minimum atomic E-state index is -0.0960. The van der Waals surface area contributed by atoms with Gasteiger partial charge in [-0.15, -0.1) is 0 Å². The summed E-state index contributed by atoms with van der Waals surface area (Å²) < 4.78 is 5.47. The number of rotatable bonds is 6. The smallest absolute Gasteiger partial charge is 0.259 e. The summed E-state index contributed by atoms with van der Waals surface area (Å²) in [6, 6.07) is 7.55. The average molecular weight is 319 g/mol. The number of amides is 2. The fourth-order valence-electron chi connectivity index (χ4n) is 2.61. The van der Waals surface area contributed by atoms with Crippen LogP contribution >= 0.6 is 0 Å². The number of nitrogens with zero attached hydrogens (tertiary/aromatic N) is 1. The van der Waals surface area contributed by atoms with Crippen molar-refractivity contribution in [2.45, 2.75) is 31.8 Å². The van der Waals surface area contributed by atoms with E-state index < -0.39 is 0 Å². The summed E-state index contributed by atoms with van der Waals surface area (Å²) in [7, 11) is 3.37. The highest BCUT2D eigenvalue weighted by Gasteiger charge is 2.27. The predicted molar refractivity (Wildman–Crippen MR) is 87.8 cm³/mol. The van der Waals surface area contributed by atoms with Gasteiger partial charge in [0.05, 0.1) is 0 Å². The van der Waals surface area contributed by atoms with E-state index in [2.05, 4.69) is 5.32 Å². The van der Waals surface area contributed by atoms with Gasteiger partial charge in [0.15, 0.2) is 6.61 Å². The third-order valence-corrected chi connectivity index (χ3v) is 4.07. The monoisotopic (exact) mass is 319 g/mol. The van der Waals surface area contributed by atoms with Crippen LogP contribution in [-0.4, -0.2) is 43.5 Å². The summed E-state index contributed by atoms with van der Waals surface area (Å²) in [6.07, 6.45) is 2.55. The zero-order valence-corrected chi connectivity index (χ0v) is 13.7. The molecule has 3 N–H and O–H groups in total. The molecule has 0 aromatic heterocycles. The number of likely N-dealkylation sites (N-methyl/N-ethyl adjacent to an activating group) is 1. The van der Waals surface area contributed by atoms with E-state index in [1.54, 1.807) is 20.2 Å². The molecule has 6 heteroatoms. The van der Waals surface area contributed by atoms with Gasteiger partial charge in [0.25, 0.3) is 5.91 Å². The molecule has 6 nitrogen and oxygen atoms in total. The van der Waals surface area contributed by atoms with Crippen molar-refractivity contribution < 1.29 is 14.3 Å². The fraction of sp³-hybridized carbons (Fsp3) is 0.529. The molecule has 1 aliphatic rings. The van der Waals surface area contributed by atoms with Crippen molar-refractivity contribution >= 4 is 11.8 Å². The van der Waals surface area contributed by atoms with Crippen LogP contribution in [0.5, 0.6) is 5.75 Å². The van der Waals surface area contributed by atoms with Gasteiger partial charge in [0, 0.05) is 32.6 Å². The summed E-state index contributed by atoms with van der Waals surface area (Å²) in [4.78, 5) is 25.1. The number of ether oxygens (including phenoxy) is 1. The van der Waals surface area contributed by atoms with E-state index in [0.29, 0.717) is 12.3 Å². The summed E-state index contributed by atoms with van der Waals surface area (Å²) in [5.41, 5.74) is 6.78. The quantitative estimate of drug-likeness (QED) is 0.816. The zero-order chi connectivity index (χ0) is 16.8. The van der Waals surface area contributed by atoms with E-state index in [1.165, 1.54) is 4.90 Å². The van der Waals surface area contributed by atoms with E-state index in [4.69, 9.17) is 10.5 Å². The Morgan fingerprint density at radius 2 is 2.13 bits per heavy atom. The molecule has 0 spiro atoms. The highest BCUT2D eigenvalue weighted by molar-refractivity contribution is 5.79. The molecule has 126 valence electrons. The molecule has 0 bridgehead atoms. The molecule has 1 aromatic rings. The summed E-state index contributed by atoms with van der Waals surface area (Å²) in [6.45, 7) is 0.451. The van der Waals surface area contributed by atoms with Crippen LogP contribution in [0.4, 0.5) is 0 Å². The second kappa shape index (κ2) is 7.97. The van der Waals surface area contributed by atoms with Crippen molar-refractivity contribution in [3.8, 4) is 5.75 Å². The molecule has 2 amide bonds. The molecule has 0 heterocycles. The Morgan fingerprint density at radius 1 is 1.35 bits per heavy atom. The van der Waals surface area contributed by atoms with E-state index in [-0.39, 0.29) is 30.4 Å². The third-order valence-electron chi connectivity index (χ3n) is 4.07. The van der Waals surface area contributed by atoms with Crippen LogP contribution in [0.25, 0.3) is 0 Å². The molecule has 0 radical (unpaired) electrons. The first-order chi connectivity index (χ1) is 11.0. The Bertz CT molecular complexity index is 560. The maximum Gasteiger partial charge on any atom is 0.259 e. The van der Waals surface area contributed by atoms with Crippen molar-refractivity contribution in [3.05, 3.63) is 29.8 Å². The molecule has 23 heavy (non-hydrogen) atoms. The van der Waals surface area contributed by atoms with Crippen molar-refractivity contribution in [1.29, 1.82) is 0 Å². The number of nitrogens with two attached hydrogens (primary N) is 1. The van der Waals surface area contributed by atoms with Crippen molar-refractivity contribution in [2.75, 3.05) is 20.7 Å². The van der Waals surface area contributed by atoms with Gasteiger partial charge in [-0.2, -0.15) is 0 Å². The lowest BCUT2D eigenvalue weighted by molar-refractivity contribution is -0.130. The number of hydrogen-bond donors (Lipinski definition) is 2. The lowest BCUT2D eigenvalue weighted by Crippen LogP contribution is -2.30. The van der Waals surface area contributed by atoms with E-state index in [1.807, 2.05) is 18.2 Å². The first kappa shape index (κ1) is 17.3. The lowest BCUT2D eigenvalue weighted by Gasteiger charge is -2.13. The first-order valence-electron chi connectivity index (χ1n) is 7.91. The standard InChI is InChI=1S/C17H25N3O3/c1-20(2)16(21)11-23-15-5-3-4-12(8-15)10-19-17(22)13-6-7-14(18)9-13/h3-5,8,13-14H,6-7,9-11,18H2,1-2H3,(H,19,22). The van der Waals surface area contributed by atoms with Gasteiger partial charge in [-0.1, -0.05) is 12.1 Å². The summed E-state index contributed by atoms with van der Waals surface area (Å²) in [5, 5.41) is 2.95. The lowest BCUT2D eigenvalue weighted by atomic mass is 10.1. The molecule has 2 rings (SSSR count). The SMILES string of the molecule is CN(C)C(=O)COc1cccc(CNC(=O)C2CCC(N)C2)c1. The second-order valence-electron chi connectivity index (χ2n) is 6.21. The maximum atomic E-state index is 12.1. The minimum absolute atomic E-state index is 0.00275. The highest BCUT2D eigenvalue weighted by Crippen LogP contribution is 2.24. The third kappa shape index (κ3) is 5.25. The van der Waals surface area contributed by atoms with E-state index in [9.17, 15) is 9.59 Å². The van der Waals surface area contributed by atoms with Crippen molar-refractivity contribution in [1.82, 2.24) is 10.2 Å². The molecule has 1 aliphatic carbocycles. The van der Waals surface area contributed by atoms with Crippen LogP contribution in [0, 0.1) is 5.92 Å². The van der Waals surface area contributed by atoms with Crippen LogP contribution in [0.3, 0.4) is 0 Å². The number of nitrogens with one attached hydrogen (secondary N) is 1. The molecule has 2 unspecified atom stereocenters. The first-order valence-corrected chi connectivity index (χ1v) is 7.91. The van der Waals surface area contributed by atoms with Gasteiger partial charge < -0.3 is 20.7 Å². The Hall–Kier alpha value is -2.08. The van der Waals surface area contributed by atoms with Gasteiger partial charge in [0.1, 0.15) is 5.75 Å². The van der Waals surface area contributed by atoms with Crippen LogP contribution in [-0.2, 0) is 16.1 Å². The minimum Gasteiger partial charge on any atom is -0.484 e. The molecular weight excluding hydrogens is 294 g/mol. The molecule has 0 aliphatic heterocycles. The Balaban J connectivity index is 1.82. The largest absolute Gasteiger partial charge is 0.484 e. The van der Waals surface area contributed by atoms with Crippen LogP contribution in [0.2, 0.25) is 0 Å². The molecule has 2 atom stereocenters. The fourth-order valence-corrected chi connectivity index (χ4v) is 2.61. The molecule has 1 saturated carbocycles. The Labute approximate surface area is 137 Å². The molecular formula is C17H25N3O3. The zero-order valence-electron chi connectivity index (χ0n) is 13.7. The van der Waals surface area contributed by atoms with Crippen molar-refractivity contribution in [3.63, 3.8) is 0 Å². The van der Waals surface area contributed by atoms with Crippen LogP contribution in [0.15, 0.2) is 24.3 Å². The second-order valence-corrected chi connectivity index (χ2v) is 6.21. The normalized spacial score (nSPS) is 20.1. The van der Waals surface area contributed by atoms with E-state index in [0.717, 1.165) is 24.8 Å². The molecule has 0 saturated heterocycles. The van der Waals surface area contributed by atoms with Gasteiger partial charge in [-0.3, -0.25) is 9.59 Å². The van der Waals surface area contributed by atoms with Gasteiger partial charge in [0.2, 0.25) is 5.91 Å². The number of carbonyl (C=O) groups is 2. The molecule has 1 aromatic carbocycles. The molecule has 1 fully saturated rings. The summed E-state index contributed by atoms with van der Waals surface area (Å²) in [5.74, 6) is 0.616. The van der Waals surface area contributed by atoms with Gasteiger partial charge in [-0.05, 0) is 37.0 Å². The van der Waals surface area contributed by atoms with Gasteiger partial charge in [-0.25, -0.2) is 0 Å². The average Bonchev–Trinajstić information content (AvgIpc) is 2.97. The van der Waals surface area contributed by atoms with Crippen molar-refractivity contribution in [2.24, 2.45) is 11.7 Å². The highest BCUT2D eigenvalue weighted by atomic mass is 16.5. The van der Waals surface area contributed by atoms with E-state index >= 15 is 0 Å². The van der Waals surface area contributed by atoms with Crippen LogP contribution in [0.1, 0.15) is 24.8 Å². The predicted octanol–water partition coefficient (Wildman–Crippen LogP) is 0.897. The maximum absolute atomic E-state index is 12.1. The number of hydrogen-bond acceptors (Lipinski definition) is 4. The van der Waals surface area contributed by atoms with Gasteiger partial charge >= 0.3 is 0 Å².